The van der Waals surface area contributed by atoms with Crippen LogP contribution in [0, 0.1) is 0 Å². The highest BCUT2D eigenvalue weighted by molar-refractivity contribution is 5.97. The second-order valence-corrected chi connectivity index (χ2v) is 6.45. The third-order valence-electron chi connectivity index (χ3n) is 3.30. The number of rotatable bonds is 4. The maximum absolute atomic E-state index is 12.1. The SMILES string of the molecule is CCCC(C)(N)C(=O)Nc1ccc(C(C)(C)C)cc1.Cl. The number of carbonyl (C=O) groups is 1. The minimum absolute atomic E-state index is 0. The van der Waals surface area contributed by atoms with Gasteiger partial charge in [0.05, 0.1) is 5.54 Å². The Labute approximate surface area is 128 Å². The van der Waals surface area contributed by atoms with E-state index in [2.05, 4.69) is 26.1 Å². The first-order valence-electron chi connectivity index (χ1n) is 6.87. The lowest BCUT2D eigenvalue weighted by molar-refractivity contribution is -0.120. The maximum Gasteiger partial charge on any atom is 0.244 e. The summed E-state index contributed by atoms with van der Waals surface area (Å²) in [6, 6.07) is 7.95. The van der Waals surface area contributed by atoms with Gasteiger partial charge in [-0.05, 0) is 36.5 Å². The molecule has 114 valence electrons. The summed E-state index contributed by atoms with van der Waals surface area (Å²) in [7, 11) is 0. The summed E-state index contributed by atoms with van der Waals surface area (Å²) in [6.45, 7) is 10.3. The molecule has 3 nitrogen and oxygen atoms in total. The minimum atomic E-state index is -0.808. The largest absolute Gasteiger partial charge is 0.325 e. The van der Waals surface area contributed by atoms with Gasteiger partial charge in [-0.15, -0.1) is 12.4 Å². The van der Waals surface area contributed by atoms with Gasteiger partial charge in [-0.2, -0.15) is 0 Å². The Hall–Kier alpha value is -1.06. The molecule has 1 amide bonds. The normalized spacial score (nSPS) is 14.1. The predicted molar refractivity (Wildman–Crippen MR) is 88.5 cm³/mol. The second kappa shape index (κ2) is 7.09. The highest BCUT2D eigenvalue weighted by atomic mass is 35.5. The molecule has 0 aromatic heterocycles. The molecular weight excluding hydrogens is 272 g/mol. The van der Waals surface area contributed by atoms with Crippen molar-refractivity contribution in [2.75, 3.05) is 5.32 Å². The quantitative estimate of drug-likeness (QED) is 0.887. The van der Waals surface area contributed by atoms with Gasteiger partial charge in [-0.3, -0.25) is 4.79 Å². The minimum Gasteiger partial charge on any atom is -0.325 e. The van der Waals surface area contributed by atoms with Gasteiger partial charge < -0.3 is 11.1 Å². The van der Waals surface area contributed by atoms with Gasteiger partial charge in [0.2, 0.25) is 5.91 Å². The molecule has 1 unspecified atom stereocenters. The molecule has 0 heterocycles. The molecule has 0 spiro atoms. The van der Waals surface area contributed by atoms with Gasteiger partial charge in [-0.25, -0.2) is 0 Å². The van der Waals surface area contributed by atoms with Gasteiger partial charge in [0.15, 0.2) is 0 Å². The van der Waals surface area contributed by atoms with Gasteiger partial charge in [0.1, 0.15) is 0 Å². The fraction of sp³-hybridized carbons (Fsp3) is 0.562. The average molecular weight is 299 g/mol. The molecule has 3 N–H and O–H groups in total. The summed E-state index contributed by atoms with van der Waals surface area (Å²) in [4.78, 5) is 12.1. The summed E-state index contributed by atoms with van der Waals surface area (Å²) in [5.74, 6) is -0.127. The first kappa shape index (κ1) is 18.9. The molecule has 0 aliphatic carbocycles. The van der Waals surface area contributed by atoms with E-state index in [1.165, 1.54) is 5.56 Å². The second-order valence-electron chi connectivity index (χ2n) is 6.45. The molecule has 0 radical (unpaired) electrons. The third-order valence-corrected chi connectivity index (χ3v) is 3.30. The molecule has 1 aromatic carbocycles. The van der Waals surface area contributed by atoms with Gasteiger partial charge in [0, 0.05) is 5.69 Å². The number of carbonyl (C=O) groups excluding carboxylic acids is 1. The van der Waals surface area contributed by atoms with Crippen molar-refractivity contribution in [1.82, 2.24) is 0 Å². The van der Waals surface area contributed by atoms with Gasteiger partial charge >= 0.3 is 0 Å². The van der Waals surface area contributed by atoms with Crippen molar-refractivity contribution < 1.29 is 4.79 Å². The van der Waals surface area contributed by atoms with Gasteiger partial charge in [-0.1, -0.05) is 46.2 Å². The van der Waals surface area contributed by atoms with Crippen molar-refractivity contribution in [3.63, 3.8) is 0 Å². The Morgan fingerprint density at radius 2 is 1.65 bits per heavy atom. The highest BCUT2D eigenvalue weighted by Crippen LogP contribution is 2.23. The van der Waals surface area contributed by atoms with Crippen LogP contribution in [0.3, 0.4) is 0 Å². The van der Waals surface area contributed by atoms with E-state index >= 15 is 0 Å². The standard InChI is InChI=1S/C16H26N2O.ClH/c1-6-11-16(5,17)14(19)18-13-9-7-12(8-10-13)15(2,3)4;/h7-10H,6,11,17H2,1-5H3,(H,18,19);1H. The van der Waals surface area contributed by atoms with E-state index in [0.29, 0.717) is 6.42 Å². The van der Waals surface area contributed by atoms with Crippen LogP contribution in [0.5, 0.6) is 0 Å². The Morgan fingerprint density at radius 3 is 2.05 bits per heavy atom. The lowest BCUT2D eigenvalue weighted by Crippen LogP contribution is -2.48. The molecule has 0 aliphatic heterocycles. The number of hydrogen-bond acceptors (Lipinski definition) is 2. The molecular formula is C16H27ClN2O. The van der Waals surface area contributed by atoms with Crippen molar-refractivity contribution in [1.29, 1.82) is 0 Å². The summed E-state index contributed by atoms with van der Waals surface area (Å²) in [5, 5.41) is 2.88. The van der Waals surface area contributed by atoms with Crippen molar-refractivity contribution >= 4 is 24.0 Å². The molecule has 1 aromatic rings. The summed E-state index contributed by atoms with van der Waals surface area (Å²) < 4.78 is 0. The van der Waals surface area contributed by atoms with E-state index in [-0.39, 0.29) is 23.7 Å². The molecule has 0 saturated heterocycles. The zero-order chi connectivity index (χ0) is 14.7. The number of halogens is 1. The average Bonchev–Trinajstić information content (AvgIpc) is 2.28. The number of anilines is 1. The Morgan fingerprint density at radius 1 is 1.15 bits per heavy atom. The zero-order valence-electron chi connectivity index (χ0n) is 13.1. The maximum atomic E-state index is 12.1. The highest BCUT2D eigenvalue weighted by Gasteiger charge is 2.27. The molecule has 20 heavy (non-hydrogen) atoms. The Balaban J connectivity index is 0.00000361. The predicted octanol–water partition coefficient (Wildman–Crippen LogP) is 3.86. The summed E-state index contributed by atoms with van der Waals surface area (Å²) in [5.41, 5.74) is 7.36. The number of nitrogens with two attached hydrogens (primary N) is 1. The molecule has 0 aliphatic rings. The monoisotopic (exact) mass is 298 g/mol. The van der Waals surface area contributed by atoms with Crippen LogP contribution in [0.25, 0.3) is 0 Å². The molecule has 0 fully saturated rings. The summed E-state index contributed by atoms with van der Waals surface area (Å²) in [6.07, 6.45) is 1.57. The fourth-order valence-electron chi connectivity index (χ4n) is 1.96. The van der Waals surface area contributed by atoms with Gasteiger partial charge in [0.25, 0.3) is 0 Å². The van der Waals surface area contributed by atoms with Crippen LogP contribution in [-0.2, 0) is 10.2 Å². The van der Waals surface area contributed by atoms with E-state index in [1.54, 1.807) is 6.92 Å². The van der Waals surface area contributed by atoms with Crippen molar-refractivity contribution in [3.8, 4) is 0 Å². The Bertz CT molecular complexity index is 433. The van der Waals surface area contributed by atoms with Crippen molar-refractivity contribution in [3.05, 3.63) is 29.8 Å². The van der Waals surface area contributed by atoms with Crippen LogP contribution in [0.1, 0.15) is 53.0 Å². The smallest absolute Gasteiger partial charge is 0.244 e. The van der Waals surface area contributed by atoms with E-state index in [4.69, 9.17) is 5.73 Å². The van der Waals surface area contributed by atoms with E-state index in [1.807, 2.05) is 31.2 Å². The lowest BCUT2D eigenvalue weighted by Gasteiger charge is -2.23. The van der Waals surface area contributed by atoms with Crippen LogP contribution in [-0.4, -0.2) is 11.4 Å². The number of nitrogens with one attached hydrogen (secondary N) is 1. The zero-order valence-corrected chi connectivity index (χ0v) is 13.9. The topological polar surface area (TPSA) is 55.1 Å². The van der Waals surface area contributed by atoms with Crippen LogP contribution in [0.15, 0.2) is 24.3 Å². The van der Waals surface area contributed by atoms with E-state index < -0.39 is 5.54 Å². The fourth-order valence-corrected chi connectivity index (χ4v) is 1.96. The number of benzene rings is 1. The Kier molecular flexibility index (Phi) is 6.72. The first-order chi connectivity index (χ1) is 8.66. The van der Waals surface area contributed by atoms with Crippen LogP contribution < -0.4 is 11.1 Å². The van der Waals surface area contributed by atoms with Crippen LogP contribution in [0.4, 0.5) is 5.69 Å². The lowest BCUT2D eigenvalue weighted by atomic mass is 9.87. The molecule has 0 saturated carbocycles. The summed E-state index contributed by atoms with van der Waals surface area (Å²) >= 11 is 0. The van der Waals surface area contributed by atoms with Crippen LogP contribution in [0.2, 0.25) is 0 Å². The van der Waals surface area contributed by atoms with Crippen molar-refractivity contribution in [2.24, 2.45) is 5.73 Å². The van der Waals surface area contributed by atoms with E-state index in [0.717, 1.165) is 12.1 Å². The molecule has 0 bridgehead atoms. The van der Waals surface area contributed by atoms with Crippen LogP contribution >= 0.6 is 12.4 Å². The van der Waals surface area contributed by atoms with Crippen molar-refractivity contribution in [2.45, 2.75) is 58.4 Å². The third kappa shape index (κ3) is 5.14. The molecule has 4 heteroatoms. The first-order valence-corrected chi connectivity index (χ1v) is 6.87. The molecule has 1 atom stereocenters. The number of hydrogen-bond donors (Lipinski definition) is 2. The number of amides is 1. The molecule has 1 rings (SSSR count). The van der Waals surface area contributed by atoms with E-state index in [9.17, 15) is 4.79 Å².